The summed E-state index contributed by atoms with van der Waals surface area (Å²) in [5, 5.41) is 17.8. The van der Waals surface area contributed by atoms with Crippen molar-refractivity contribution in [1.29, 1.82) is 0 Å². The Labute approximate surface area is 93.3 Å². The third-order valence-electron chi connectivity index (χ3n) is 0. The second-order valence-corrected chi connectivity index (χ2v) is 0.983. The molecule has 0 spiro atoms. The van der Waals surface area contributed by atoms with Gasteiger partial charge in [-0.05, 0) is 13.8 Å². The number of carboxylic acid groups (broad SMARTS) is 2. The Morgan fingerprint density at radius 1 is 1.00 bits per heavy atom. The van der Waals surface area contributed by atoms with Crippen molar-refractivity contribution in [2.24, 2.45) is 0 Å². The number of carbonyl (C=O) groups is 2. The molecule has 0 aliphatic carbocycles. The fourth-order valence-corrected chi connectivity index (χ4v) is 0. The molecule has 0 radical (unpaired) electrons. The van der Waals surface area contributed by atoms with Crippen molar-refractivity contribution >= 4 is 60.8 Å². The molecule has 0 saturated carbocycles. The van der Waals surface area contributed by atoms with Gasteiger partial charge in [-0.15, -0.1) is 0 Å². The minimum atomic E-state index is -1.08. The van der Waals surface area contributed by atoms with Gasteiger partial charge in [0.1, 0.15) is 0 Å². The smallest absolute Gasteiger partial charge is 0.550 e. The zero-order valence-electron chi connectivity index (χ0n) is 5.34. The van der Waals surface area contributed by atoms with Crippen molar-refractivity contribution in [3.63, 3.8) is 0 Å². The molecule has 0 heterocycles. The molecule has 0 aromatic rings. The van der Waals surface area contributed by atoms with Crippen LogP contribution in [0.2, 0.25) is 0 Å². The molecule has 4 nitrogen and oxygen atoms in total. The second-order valence-electron chi connectivity index (χ2n) is 0.983. The van der Waals surface area contributed by atoms with E-state index in [1.807, 2.05) is 0 Å². The van der Waals surface area contributed by atoms with Gasteiger partial charge in [0.05, 0.1) is 0 Å². The molecule has 0 N–H and O–H groups in total. The van der Waals surface area contributed by atoms with Gasteiger partial charge in [-0.3, -0.25) is 0 Å². The Balaban J connectivity index is -0.0000000720. The normalized spacial score (nSPS) is 5.56. The summed E-state index contributed by atoms with van der Waals surface area (Å²) in [6.07, 6.45) is 0. The summed E-state index contributed by atoms with van der Waals surface area (Å²) >= 11 is 0. The monoisotopic (exact) mass is 256 g/mol. The van der Waals surface area contributed by atoms with Crippen LogP contribution in [-0.4, -0.2) is 60.8 Å². The summed E-state index contributed by atoms with van der Waals surface area (Å²) in [4.78, 5) is 17.8. The van der Waals surface area contributed by atoms with Gasteiger partial charge in [-0.1, -0.05) is 0 Å². The first-order valence-corrected chi connectivity index (χ1v) is 1.82. The Morgan fingerprint density at radius 2 is 1.00 bits per heavy atom. The van der Waals surface area contributed by atoms with Gasteiger partial charge in [-0.25, -0.2) is 0 Å². The van der Waals surface area contributed by atoms with Crippen LogP contribution in [0.4, 0.5) is 0 Å². The second kappa shape index (κ2) is 11.3. The van der Waals surface area contributed by atoms with E-state index in [0.29, 0.717) is 0 Å². The summed E-state index contributed by atoms with van der Waals surface area (Å²) < 4.78 is 0. The van der Waals surface area contributed by atoms with Crippen LogP contribution in [0.5, 0.6) is 0 Å². The molecule has 0 aliphatic heterocycles. The summed E-state index contributed by atoms with van der Waals surface area (Å²) in [6, 6.07) is 0. The van der Waals surface area contributed by atoms with E-state index < -0.39 is 11.9 Å². The van der Waals surface area contributed by atoms with Gasteiger partial charge < -0.3 is 19.8 Å². The minimum Gasteiger partial charge on any atom is -0.550 e. The van der Waals surface area contributed by atoms with Crippen LogP contribution in [0.25, 0.3) is 0 Å². The summed E-state index contributed by atoms with van der Waals surface area (Å²) in [5.74, 6) is -2.17. The number of hydrogen-bond acceptors (Lipinski definition) is 4. The summed E-state index contributed by atoms with van der Waals surface area (Å²) in [6.45, 7) is 1.94. The molecule has 0 aromatic carbocycles. The molecule has 0 saturated heterocycles. The van der Waals surface area contributed by atoms with Gasteiger partial charge >= 0.3 is 48.9 Å². The molecular formula is C4H6BaO4. The first-order valence-electron chi connectivity index (χ1n) is 1.82. The fraction of sp³-hybridized carbons (Fsp3) is 0.500. The van der Waals surface area contributed by atoms with Gasteiger partial charge in [-0.2, -0.15) is 0 Å². The van der Waals surface area contributed by atoms with E-state index in [4.69, 9.17) is 19.8 Å². The number of carboxylic acids is 2. The average Bonchev–Trinajstić information content (AvgIpc) is 1.25. The van der Waals surface area contributed by atoms with Gasteiger partial charge in [0.25, 0.3) is 0 Å². The molecule has 0 atom stereocenters. The van der Waals surface area contributed by atoms with E-state index in [1.165, 1.54) is 0 Å². The minimum absolute atomic E-state index is 0. The third kappa shape index (κ3) is 1380. The molecular weight excluding hydrogens is 249 g/mol. The van der Waals surface area contributed by atoms with Crippen molar-refractivity contribution in [2.75, 3.05) is 0 Å². The molecule has 0 unspecified atom stereocenters. The van der Waals surface area contributed by atoms with Crippen LogP contribution < -0.4 is 10.2 Å². The summed E-state index contributed by atoms with van der Waals surface area (Å²) in [7, 11) is 0. The molecule has 0 aliphatic rings. The van der Waals surface area contributed by atoms with E-state index in [-0.39, 0.29) is 48.9 Å². The topological polar surface area (TPSA) is 80.3 Å². The third-order valence-corrected chi connectivity index (χ3v) is 0. The zero-order valence-corrected chi connectivity index (χ0v) is 9.78. The molecule has 0 aromatic heterocycles. The van der Waals surface area contributed by atoms with E-state index in [0.717, 1.165) is 13.8 Å². The van der Waals surface area contributed by atoms with Crippen molar-refractivity contribution in [1.82, 2.24) is 0 Å². The predicted octanol–water partition coefficient (Wildman–Crippen LogP) is -2.87. The SMILES string of the molecule is CC(=O)[O-].CC(=O)[O-].[Ba+2]. The van der Waals surface area contributed by atoms with E-state index in [1.54, 1.807) is 0 Å². The number of hydrogen-bond donors (Lipinski definition) is 0. The molecule has 0 fully saturated rings. The molecule has 5 heteroatoms. The van der Waals surface area contributed by atoms with Crippen LogP contribution in [0.1, 0.15) is 13.8 Å². The van der Waals surface area contributed by atoms with Crippen molar-refractivity contribution in [2.45, 2.75) is 13.8 Å². The quantitative estimate of drug-likeness (QED) is 0.436. The Hall–Kier alpha value is 0.511. The Morgan fingerprint density at radius 3 is 1.00 bits per heavy atom. The van der Waals surface area contributed by atoms with Crippen LogP contribution >= 0.6 is 0 Å². The van der Waals surface area contributed by atoms with E-state index >= 15 is 0 Å². The number of aliphatic carboxylic acids is 2. The molecule has 0 bridgehead atoms. The van der Waals surface area contributed by atoms with Crippen LogP contribution in [0, 0.1) is 0 Å². The first kappa shape index (κ1) is 16.3. The van der Waals surface area contributed by atoms with Gasteiger partial charge in [0.2, 0.25) is 0 Å². The van der Waals surface area contributed by atoms with Crippen molar-refractivity contribution in [3.8, 4) is 0 Å². The maximum atomic E-state index is 8.89. The molecule has 9 heavy (non-hydrogen) atoms. The van der Waals surface area contributed by atoms with Crippen molar-refractivity contribution < 1.29 is 19.8 Å². The van der Waals surface area contributed by atoms with Crippen LogP contribution in [-0.2, 0) is 9.59 Å². The maximum Gasteiger partial charge on any atom is 2.00 e. The van der Waals surface area contributed by atoms with Gasteiger partial charge in [0, 0.05) is 11.9 Å². The molecule has 0 rings (SSSR count). The Kier molecular flexibility index (Phi) is 20.5. The van der Waals surface area contributed by atoms with Crippen LogP contribution in [0.15, 0.2) is 0 Å². The average molecular weight is 255 g/mol. The number of rotatable bonds is 0. The Bertz CT molecular complexity index is 70.6. The first-order chi connectivity index (χ1) is 3.46. The fourth-order valence-electron chi connectivity index (χ4n) is 0. The standard InChI is InChI=1S/2C2H4O2.Ba/c2*1-2(3)4;/h2*1H3,(H,3,4);/q;;+2/p-2. The van der Waals surface area contributed by atoms with E-state index in [9.17, 15) is 0 Å². The van der Waals surface area contributed by atoms with Crippen LogP contribution in [0.3, 0.4) is 0 Å². The predicted molar refractivity (Wildman–Crippen MR) is 27.1 cm³/mol. The maximum absolute atomic E-state index is 8.89. The van der Waals surface area contributed by atoms with Crippen molar-refractivity contribution in [3.05, 3.63) is 0 Å². The largest absolute Gasteiger partial charge is 2.00 e. The van der Waals surface area contributed by atoms with Gasteiger partial charge in [0.15, 0.2) is 0 Å². The summed E-state index contributed by atoms with van der Waals surface area (Å²) in [5.41, 5.74) is 0. The number of carbonyl (C=O) groups excluding carboxylic acids is 2. The van der Waals surface area contributed by atoms with E-state index in [2.05, 4.69) is 0 Å². The molecule has 0 amide bonds. The zero-order chi connectivity index (χ0) is 7.15. The molecule has 48 valence electrons.